The molecule has 0 radical (unpaired) electrons. The van der Waals surface area contributed by atoms with Gasteiger partial charge in [-0.05, 0) is 19.8 Å². The summed E-state index contributed by atoms with van der Waals surface area (Å²) in [5.41, 5.74) is -0.0939. The van der Waals surface area contributed by atoms with Crippen LogP contribution >= 0.6 is 0 Å². The molecule has 0 amide bonds. The molecular formula is C11H20N2O. The van der Waals surface area contributed by atoms with Crippen molar-refractivity contribution in [2.24, 2.45) is 5.92 Å². The topological polar surface area (TPSA) is 56.0 Å². The van der Waals surface area contributed by atoms with Crippen molar-refractivity contribution in [3.05, 3.63) is 0 Å². The number of nitriles is 1. The minimum absolute atomic E-state index is 0.0281. The van der Waals surface area contributed by atoms with E-state index < -0.39 is 0 Å². The summed E-state index contributed by atoms with van der Waals surface area (Å²) in [5.74, 6) is 0.0281. The Morgan fingerprint density at radius 1 is 1.43 bits per heavy atom. The van der Waals surface area contributed by atoms with Crippen LogP contribution < -0.4 is 5.32 Å². The third-order valence-corrected chi connectivity index (χ3v) is 3.12. The van der Waals surface area contributed by atoms with Crippen molar-refractivity contribution in [1.29, 1.82) is 5.26 Å². The van der Waals surface area contributed by atoms with Gasteiger partial charge in [0.1, 0.15) is 0 Å². The molecule has 0 spiro atoms. The van der Waals surface area contributed by atoms with Crippen LogP contribution in [0.25, 0.3) is 0 Å². The van der Waals surface area contributed by atoms with Crippen LogP contribution in [0.3, 0.4) is 0 Å². The third-order valence-electron chi connectivity index (χ3n) is 3.12. The fourth-order valence-electron chi connectivity index (χ4n) is 2.03. The van der Waals surface area contributed by atoms with Crippen LogP contribution in [0.5, 0.6) is 0 Å². The Kier molecular flexibility index (Phi) is 4.37. The number of nitrogens with one attached hydrogen (secondary N) is 1. The predicted octanol–water partition coefficient (Wildman–Crippen LogP) is 1.43. The molecule has 0 aliphatic heterocycles. The molecule has 1 aliphatic carbocycles. The molecule has 2 N–H and O–H groups in total. The maximum Gasteiger partial charge on any atom is 0.0666 e. The summed E-state index contributed by atoms with van der Waals surface area (Å²) < 4.78 is 0. The SMILES string of the molecule is CC(C#N)CNC1(CO)CCCCC1. The molecule has 80 valence electrons. The van der Waals surface area contributed by atoms with Gasteiger partial charge in [-0.15, -0.1) is 0 Å². The molecule has 1 atom stereocenters. The van der Waals surface area contributed by atoms with Crippen molar-refractivity contribution >= 4 is 0 Å². The van der Waals surface area contributed by atoms with Gasteiger partial charge in [0.25, 0.3) is 0 Å². The number of nitrogens with zero attached hydrogens (tertiary/aromatic N) is 1. The summed E-state index contributed by atoms with van der Waals surface area (Å²) in [6.07, 6.45) is 5.74. The summed E-state index contributed by atoms with van der Waals surface area (Å²) >= 11 is 0. The summed E-state index contributed by atoms with van der Waals surface area (Å²) in [7, 11) is 0. The van der Waals surface area contributed by atoms with E-state index in [0.29, 0.717) is 6.54 Å². The van der Waals surface area contributed by atoms with Gasteiger partial charge in [0, 0.05) is 12.1 Å². The zero-order valence-corrected chi connectivity index (χ0v) is 8.92. The lowest BCUT2D eigenvalue weighted by molar-refractivity contribution is 0.119. The van der Waals surface area contributed by atoms with Crippen LogP contribution in [0, 0.1) is 17.2 Å². The lowest BCUT2D eigenvalue weighted by atomic mass is 9.82. The van der Waals surface area contributed by atoms with Crippen LogP contribution in [-0.4, -0.2) is 23.8 Å². The highest BCUT2D eigenvalue weighted by molar-refractivity contribution is 4.92. The molecule has 3 heteroatoms. The van der Waals surface area contributed by atoms with Crippen molar-refractivity contribution in [3.8, 4) is 6.07 Å². The lowest BCUT2D eigenvalue weighted by Crippen LogP contribution is -2.51. The Labute approximate surface area is 86.1 Å². The van der Waals surface area contributed by atoms with Gasteiger partial charge in [0.2, 0.25) is 0 Å². The fourth-order valence-corrected chi connectivity index (χ4v) is 2.03. The van der Waals surface area contributed by atoms with E-state index in [2.05, 4.69) is 11.4 Å². The molecule has 0 aromatic heterocycles. The molecule has 14 heavy (non-hydrogen) atoms. The van der Waals surface area contributed by atoms with Crippen molar-refractivity contribution in [3.63, 3.8) is 0 Å². The Morgan fingerprint density at radius 2 is 2.07 bits per heavy atom. The van der Waals surface area contributed by atoms with Crippen molar-refractivity contribution in [2.75, 3.05) is 13.2 Å². The zero-order valence-electron chi connectivity index (χ0n) is 8.92. The third kappa shape index (κ3) is 2.97. The van der Waals surface area contributed by atoms with Crippen molar-refractivity contribution < 1.29 is 5.11 Å². The number of rotatable bonds is 4. The number of hydrogen-bond acceptors (Lipinski definition) is 3. The summed E-state index contributed by atoms with van der Waals surface area (Å²) in [6.45, 7) is 2.79. The Balaban J connectivity index is 2.40. The van der Waals surface area contributed by atoms with Crippen molar-refractivity contribution in [1.82, 2.24) is 5.32 Å². The lowest BCUT2D eigenvalue weighted by Gasteiger charge is -2.37. The first kappa shape index (κ1) is 11.5. The van der Waals surface area contributed by atoms with Gasteiger partial charge in [-0.25, -0.2) is 0 Å². The van der Waals surface area contributed by atoms with Crippen LogP contribution in [0.4, 0.5) is 0 Å². The average molecular weight is 196 g/mol. The summed E-state index contributed by atoms with van der Waals surface area (Å²) in [5, 5.41) is 21.4. The quantitative estimate of drug-likeness (QED) is 0.715. The molecule has 0 heterocycles. The zero-order chi connectivity index (χ0) is 10.4. The molecule has 1 rings (SSSR count). The largest absolute Gasteiger partial charge is 0.394 e. The second-order valence-corrected chi connectivity index (χ2v) is 4.41. The van der Waals surface area contributed by atoms with E-state index in [4.69, 9.17) is 5.26 Å². The summed E-state index contributed by atoms with van der Waals surface area (Å²) in [4.78, 5) is 0. The predicted molar refractivity (Wildman–Crippen MR) is 55.7 cm³/mol. The molecule has 1 fully saturated rings. The monoisotopic (exact) mass is 196 g/mol. The number of hydrogen-bond donors (Lipinski definition) is 2. The van der Waals surface area contributed by atoms with Gasteiger partial charge in [0.05, 0.1) is 18.6 Å². The van der Waals surface area contributed by atoms with E-state index in [0.717, 1.165) is 12.8 Å². The first-order valence-corrected chi connectivity index (χ1v) is 5.48. The molecular weight excluding hydrogens is 176 g/mol. The first-order valence-electron chi connectivity index (χ1n) is 5.48. The number of aliphatic hydroxyl groups is 1. The molecule has 0 aromatic rings. The molecule has 0 saturated heterocycles. The molecule has 1 unspecified atom stereocenters. The Morgan fingerprint density at radius 3 is 2.57 bits per heavy atom. The van der Waals surface area contributed by atoms with E-state index in [1.165, 1.54) is 19.3 Å². The van der Waals surface area contributed by atoms with Gasteiger partial charge in [-0.1, -0.05) is 19.3 Å². The molecule has 0 bridgehead atoms. The molecule has 3 nitrogen and oxygen atoms in total. The minimum Gasteiger partial charge on any atom is -0.394 e. The Hall–Kier alpha value is -0.590. The smallest absolute Gasteiger partial charge is 0.0666 e. The second-order valence-electron chi connectivity index (χ2n) is 4.41. The fraction of sp³-hybridized carbons (Fsp3) is 0.909. The average Bonchev–Trinajstić information content (AvgIpc) is 2.27. The standard InChI is InChI=1S/C11H20N2O/c1-10(7-12)8-13-11(9-14)5-3-2-4-6-11/h10,13-14H,2-6,8-9H2,1H3. The maximum atomic E-state index is 9.38. The highest BCUT2D eigenvalue weighted by atomic mass is 16.3. The van der Waals surface area contributed by atoms with E-state index in [1.807, 2.05) is 6.92 Å². The second kappa shape index (κ2) is 5.33. The van der Waals surface area contributed by atoms with Gasteiger partial charge in [0.15, 0.2) is 0 Å². The van der Waals surface area contributed by atoms with Crippen LogP contribution in [0.2, 0.25) is 0 Å². The van der Waals surface area contributed by atoms with E-state index in [1.54, 1.807) is 0 Å². The van der Waals surface area contributed by atoms with Gasteiger partial charge >= 0.3 is 0 Å². The number of aliphatic hydroxyl groups excluding tert-OH is 1. The van der Waals surface area contributed by atoms with Gasteiger partial charge < -0.3 is 10.4 Å². The highest BCUT2D eigenvalue weighted by Gasteiger charge is 2.30. The van der Waals surface area contributed by atoms with Crippen molar-refractivity contribution in [2.45, 2.75) is 44.6 Å². The van der Waals surface area contributed by atoms with Crippen LogP contribution in [0.15, 0.2) is 0 Å². The Bertz CT molecular complexity index is 204. The molecule has 0 aromatic carbocycles. The molecule has 1 saturated carbocycles. The normalized spacial score (nSPS) is 22.6. The highest BCUT2D eigenvalue weighted by Crippen LogP contribution is 2.27. The van der Waals surface area contributed by atoms with E-state index >= 15 is 0 Å². The van der Waals surface area contributed by atoms with E-state index in [-0.39, 0.29) is 18.1 Å². The van der Waals surface area contributed by atoms with Gasteiger partial charge in [-0.2, -0.15) is 5.26 Å². The van der Waals surface area contributed by atoms with Crippen LogP contribution in [0.1, 0.15) is 39.0 Å². The maximum absolute atomic E-state index is 9.38. The minimum atomic E-state index is -0.0939. The first-order chi connectivity index (χ1) is 6.72. The van der Waals surface area contributed by atoms with Gasteiger partial charge in [-0.3, -0.25) is 0 Å². The molecule has 1 aliphatic rings. The van der Waals surface area contributed by atoms with Crippen LogP contribution in [-0.2, 0) is 0 Å². The van der Waals surface area contributed by atoms with E-state index in [9.17, 15) is 5.11 Å². The summed E-state index contributed by atoms with van der Waals surface area (Å²) in [6, 6.07) is 2.20.